The lowest BCUT2D eigenvalue weighted by molar-refractivity contribution is -0.121. The molecule has 0 aliphatic carbocycles. The second-order valence-electron chi connectivity index (χ2n) is 8.45. The van der Waals surface area contributed by atoms with Gasteiger partial charge in [-0.05, 0) is 67.1 Å². The number of carbonyl (C=O) groups excluding carboxylic acids is 4. The number of Topliss-reactive ketones (excluding diaryl/α,β-unsaturated/α-hetero) is 1. The van der Waals surface area contributed by atoms with Gasteiger partial charge in [-0.25, -0.2) is 19.1 Å². The number of carbonyl (C=O) groups is 4. The fraction of sp³-hybridized carbons (Fsp3) is 0.214. The van der Waals surface area contributed by atoms with E-state index in [9.17, 15) is 28.8 Å². The third kappa shape index (κ3) is 5.95. The van der Waals surface area contributed by atoms with Gasteiger partial charge >= 0.3 is 5.97 Å². The maximum absolute atomic E-state index is 13.1. The molecule has 2 amide bonds. The fourth-order valence-electron chi connectivity index (χ4n) is 3.83. The maximum atomic E-state index is 13.1. The van der Waals surface area contributed by atoms with Gasteiger partial charge in [-0.15, -0.1) is 0 Å². The number of hydrogen-bond acceptors (Lipinski definition) is 8. The Bertz CT molecular complexity index is 1430. The third-order valence-electron chi connectivity index (χ3n) is 5.77. The molecule has 38 heavy (non-hydrogen) atoms. The number of hydrogen-bond donors (Lipinski definition) is 0. The number of esters is 1. The SMILES string of the molecule is CCCc1ccc(C#N)c(SC2CC(=O)N(c3ccc(C(=O)OCC(=O)c4ccc(F)cc4)cc3)C2=O)n1. The van der Waals surface area contributed by atoms with Gasteiger partial charge in [0, 0.05) is 17.7 Å². The van der Waals surface area contributed by atoms with E-state index in [-0.39, 0.29) is 23.2 Å². The van der Waals surface area contributed by atoms with Crippen molar-refractivity contribution >= 4 is 41.0 Å². The van der Waals surface area contributed by atoms with Gasteiger partial charge in [0.1, 0.15) is 16.9 Å². The molecule has 0 spiro atoms. The predicted molar refractivity (Wildman–Crippen MR) is 137 cm³/mol. The van der Waals surface area contributed by atoms with E-state index in [0.29, 0.717) is 10.6 Å². The largest absolute Gasteiger partial charge is 0.454 e. The van der Waals surface area contributed by atoms with Crippen LogP contribution in [0.4, 0.5) is 10.1 Å². The van der Waals surface area contributed by atoms with E-state index in [4.69, 9.17) is 4.74 Å². The molecular formula is C28H22FN3O5S. The molecular weight excluding hydrogens is 509 g/mol. The van der Waals surface area contributed by atoms with Crippen LogP contribution in [0.2, 0.25) is 0 Å². The number of halogens is 1. The average Bonchev–Trinajstić information content (AvgIpc) is 3.20. The van der Waals surface area contributed by atoms with Gasteiger partial charge in [-0.3, -0.25) is 14.4 Å². The summed E-state index contributed by atoms with van der Waals surface area (Å²) in [6.07, 6.45) is 1.56. The number of ketones is 1. The number of thioether (sulfide) groups is 1. The van der Waals surface area contributed by atoms with Gasteiger partial charge < -0.3 is 4.74 Å². The Morgan fingerprint density at radius 1 is 1.08 bits per heavy atom. The van der Waals surface area contributed by atoms with Crippen LogP contribution in [-0.4, -0.2) is 40.4 Å². The van der Waals surface area contributed by atoms with Crippen LogP contribution >= 0.6 is 11.8 Å². The molecule has 4 rings (SSSR count). The van der Waals surface area contributed by atoms with Gasteiger partial charge in [0.15, 0.2) is 12.4 Å². The Morgan fingerprint density at radius 2 is 1.76 bits per heavy atom. The van der Waals surface area contributed by atoms with Crippen LogP contribution in [0.25, 0.3) is 0 Å². The average molecular weight is 532 g/mol. The zero-order valence-corrected chi connectivity index (χ0v) is 21.2. The van der Waals surface area contributed by atoms with Crippen molar-refractivity contribution in [3.8, 4) is 6.07 Å². The summed E-state index contributed by atoms with van der Waals surface area (Å²) >= 11 is 1.10. The summed E-state index contributed by atoms with van der Waals surface area (Å²) < 4.78 is 18.1. The number of pyridine rings is 1. The molecule has 0 N–H and O–H groups in total. The second kappa shape index (κ2) is 11.8. The van der Waals surface area contributed by atoms with Crippen molar-refractivity contribution in [3.05, 3.63) is 88.9 Å². The summed E-state index contributed by atoms with van der Waals surface area (Å²) in [6.45, 7) is 1.49. The van der Waals surface area contributed by atoms with E-state index in [1.165, 1.54) is 36.4 Å². The molecule has 1 atom stereocenters. The third-order valence-corrected chi connectivity index (χ3v) is 6.95. The molecule has 1 unspecified atom stereocenters. The normalized spacial score (nSPS) is 14.9. The van der Waals surface area contributed by atoms with Gasteiger partial charge in [0.2, 0.25) is 11.8 Å². The summed E-state index contributed by atoms with van der Waals surface area (Å²) in [4.78, 5) is 55.9. The van der Waals surface area contributed by atoms with Crippen molar-refractivity contribution in [1.82, 2.24) is 4.98 Å². The highest BCUT2D eigenvalue weighted by Gasteiger charge is 2.40. The van der Waals surface area contributed by atoms with Crippen LogP contribution in [0.1, 0.15) is 51.7 Å². The summed E-state index contributed by atoms with van der Waals surface area (Å²) in [5, 5.41) is 9.11. The molecule has 1 fully saturated rings. The number of rotatable bonds is 9. The van der Waals surface area contributed by atoms with Crippen molar-refractivity contribution < 1.29 is 28.3 Å². The van der Waals surface area contributed by atoms with E-state index >= 15 is 0 Å². The maximum Gasteiger partial charge on any atom is 0.338 e. The van der Waals surface area contributed by atoms with E-state index in [0.717, 1.165) is 47.3 Å². The number of amides is 2. The van der Waals surface area contributed by atoms with Crippen molar-refractivity contribution in [2.75, 3.05) is 11.5 Å². The standard InChI is InChI=1S/C28H22FN3O5S/c1-2-3-21-11-6-19(15-30)26(31-21)38-24-14-25(34)32(27(24)35)22-12-7-18(8-13-22)28(36)37-16-23(33)17-4-9-20(29)10-5-17/h4-13,24H,2-3,14,16H2,1H3. The molecule has 0 bridgehead atoms. The highest BCUT2D eigenvalue weighted by Crippen LogP contribution is 2.35. The van der Waals surface area contributed by atoms with Gasteiger partial charge in [0.25, 0.3) is 0 Å². The quantitative estimate of drug-likeness (QED) is 0.225. The Kier molecular flexibility index (Phi) is 8.28. The Morgan fingerprint density at radius 3 is 2.42 bits per heavy atom. The first kappa shape index (κ1) is 26.7. The summed E-state index contributed by atoms with van der Waals surface area (Å²) in [5.74, 6) is -2.58. The predicted octanol–water partition coefficient (Wildman–Crippen LogP) is 4.51. The van der Waals surface area contributed by atoms with Crippen LogP contribution in [-0.2, 0) is 20.7 Å². The zero-order chi connectivity index (χ0) is 27.2. The van der Waals surface area contributed by atoms with Crippen LogP contribution in [0.15, 0.2) is 65.7 Å². The lowest BCUT2D eigenvalue weighted by Gasteiger charge is -2.15. The Labute approximate surface area is 222 Å². The van der Waals surface area contributed by atoms with Crippen LogP contribution < -0.4 is 4.90 Å². The number of imide groups is 1. The molecule has 0 saturated carbocycles. The van der Waals surface area contributed by atoms with Crippen LogP contribution in [0.5, 0.6) is 0 Å². The highest BCUT2D eigenvalue weighted by atomic mass is 32.2. The van der Waals surface area contributed by atoms with Crippen molar-refractivity contribution in [3.63, 3.8) is 0 Å². The Balaban J connectivity index is 1.41. The molecule has 1 aliphatic rings. The monoisotopic (exact) mass is 531 g/mol. The molecule has 192 valence electrons. The second-order valence-corrected chi connectivity index (χ2v) is 9.64. The molecule has 0 radical (unpaired) electrons. The minimum absolute atomic E-state index is 0.0522. The van der Waals surface area contributed by atoms with Crippen LogP contribution in [0, 0.1) is 17.1 Å². The summed E-state index contributed by atoms with van der Waals surface area (Å²) in [7, 11) is 0. The number of anilines is 1. The molecule has 10 heteroatoms. The van der Waals surface area contributed by atoms with E-state index in [1.807, 2.05) is 6.92 Å². The number of aromatic nitrogens is 1. The molecule has 8 nitrogen and oxygen atoms in total. The highest BCUT2D eigenvalue weighted by molar-refractivity contribution is 8.00. The number of benzene rings is 2. The summed E-state index contributed by atoms with van der Waals surface area (Å²) in [5.41, 5.74) is 1.78. The van der Waals surface area contributed by atoms with Gasteiger partial charge in [0.05, 0.1) is 22.1 Å². The first-order valence-corrected chi connectivity index (χ1v) is 12.7. The molecule has 3 aromatic rings. The first-order valence-electron chi connectivity index (χ1n) is 11.8. The molecule has 1 aliphatic heterocycles. The molecule has 2 heterocycles. The van der Waals surface area contributed by atoms with Crippen LogP contribution in [0.3, 0.4) is 0 Å². The summed E-state index contributed by atoms with van der Waals surface area (Å²) in [6, 6.07) is 16.1. The number of nitrogens with zero attached hydrogens (tertiary/aromatic N) is 3. The van der Waals surface area contributed by atoms with Crippen molar-refractivity contribution in [2.24, 2.45) is 0 Å². The smallest absolute Gasteiger partial charge is 0.338 e. The molecule has 2 aromatic carbocycles. The van der Waals surface area contributed by atoms with E-state index < -0.39 is 41.2 Å². The lowest BCUT2D eigenvalue weighted by atomic mass is 10.1. The molecule has 1 saturated heterocycles. The molecule has 1 aromatic heterocycles. The van der Waals surface area contributed by atoms with E-state index in [1.54, 1.807) is 12.1 Å². The Hall–Kier alpha value is -4.36. The first-order chi connectivity index (χ1) is 18.3. The van der Waals surface area contributed by atoms with Crippen molar-refractivity contribution in [2.45, 2.75) is 36.5 Å². The number of ether oxygens (including phenoxy) is 1. The fourth-order valence-corrected chi connectivity index (χ4v) is 4.94. The van der Waals surface area contributed by atoms with Gasteiger partial charge in [-0.2, -0.15) is 5.26 Å². The minimum Gasteiger partial charge on any atom is -0.454 e. The lowest BCUT2D eigenvalue weighted by Crippen LogP contribution is -2.31. The number of nitriles is 1. The van der Waals surface area contributed by atoms with Gasteiger partial charge in [-0.1, -0.05) is 25.1 Å². The number of aryl methyl sites for hydroxylation is 1. The zero-order valence-electron chi connectivity index (χ0n) is 20.3. The van der Waals surface area contributed by atoms with Crippen molar-refractivity contribution in [1.29, 1.82) is 5.26 Å². The topological polar surface area (TPSA) is 117 Å². The minimum atomic E-state index is -0.762. The van der Waals surface area contributed by atoms with E-state index in [2.05, 4.69) is 11.1 Å².